The predicted molar refractivity (Wildman–Crippen MR) is 96.1 cm³/mol. The summed E-state index contributed by atoms with van der Waals surface area (Å²) >= 11 is 0. The summed E-state index contributed by atoms with van der Waals surface area (Å²) < 4.78 is 10.7. The molecule has 1 heterocycles. The van der Waals surface area contributed by atoms with Crippen LogP contribution in [0.2, 0.25) is 0 Å². The van der Waals surface area contributed by atoms with Crippen molar-refractivity contribution in [2.75, 3.05) is 11.9 Å². The van der Waals surface area contributed by atoms with Crippen molar-refractivity contribution >= 4 is 11.4 Å². The van der Waals surface area contributed by atoms with E-state index in [2.05, 4.69) is 15.5 Å². The first-order valence-corrected chi connectivity index (χ1v) is 8.11. The van der Waals surface area contributed by atoms with Gasteiger partial charge < -0.3 is 14.6 Å². The van der Waals surface area contributed by atoms with Crippen molar-refractivity contribution in [3.63, 3.8) is 0 Å². The number of non-ortho nitro benzene ring substituents is 1. The number of anilines is 1. The van der Waals surface area contributed by atoms with Crippen molar-refractivity contribution < 1.29 is 14.2 Å². The van der Waals surface area contributed by atoms with Gasteiger partial charge in [0, 0.05) is 23.4 Å². The van der Waals surface area contributed by atoms with Crippen LogP contribution in [0.5, 0.6) is 5.75 Å². The van der Waals surface area contributed by atoms with Crippen LogP contribution in [0.3, 0.4) is 0 Å². The summed E-state index contributed by atoms with van der Waals surface area (Å²) in [7, 11) is 0. The highest BCUT2D eigenvalue weighted by atomic mass is 16.6. The van der Waals surface area contributed by atoms with Gasteiger partial charge in [-0.15, -0.1) is 0 Å². The van der Waals surface area contributed by atoms with Gasteiger partial charge in [-0.3, -0.25) is 10.1 Å². The van der Waals surface area contributed by atoms with E-state index in [0.717, 1.165) is 16.9 Å². The second-order valence-corrected chi connectivity index (χ2v) is 5.58. The predicted octanol–water partition coefficient (Wildman–Crippen LogP) is 3.96. The zero-order valence-corrected chi connectivity index (χ0v) is 14.4. The summed E-state index contributed by atoms with van der Waals surface area (Å²) in [6.07, 6.45) is 0. The van der Waals surface area contributed by atoms with Gasteiger partial charge in [0.1, 0.15) is 5.75 Å². The maximum Gasteiger partial charge on any atom is 0.271 e. The van der Waals surface area contributed by atoms with Crippen molar-refractivity contribution in [2.45, 2.75) is 20.4 Å². The molecule has 0 aliphatic carbocycles. The molecule has 0 atom stereocenters. The molecule has 0 spiro atoms. The van der Waals surface area contributed by atoms with Crippen LogP contribution in [0.25, 0.3) is 11.4 Å². The number of nitrogens with zero attached hydrogens (tertiary/aromatic N) is 3. The SMILES string of the molecule is CCOc1ccc(-c2noc(CNc3cc([N+](=O)[O-])ccc3C)n2)cc1. The second kappa shape index (κ2) is 7.64. The van der Waals surface area contributed by atoms with Gasteiger partial charge >= 0.3 is 0 Å². The van der Waals surface area contributed by atoms with E-state index in [1.807, 2.05) is 38.1 Å². The van der Waals surface area contributed by atoms with Gasteiger partial charge in [0.25, 0.3) is 5.69 Å². The number of rotatable bonds is 7. The molecular weight excluding hydrogens is 336 g/mol. The molecule has 0 amide bonds. The Balaban J connectivity index is 1.69. The van der Waals surface area contributed by atoms with Gasteiger partial charge in [0.2, 0.25) is 11.7 Å². The van der Waals surface area contributed by atoms with Crippen LogP contribution in [0.4, 0.5) is 11.4 Å². The summed E-state index contributed by atoms with van der Waals surface area (Å²) in [6.45, 7) is 4.67. The van der Waals surface area contributed by atoms with Gasteiger partial charge in [0.05, 0.1) is 18.1 Å². The number of nitro benzene ring substituents is 1. The molecule has 1 aromatic heterocycles. The molecule has 1 N–H and O–H groups in total. The molecule has 0 aliphatic heterocycles. The average molecular weight is 354 g/mol. The molecule has 3 rings (SSSR count). The van der Waals surface area contributed by atoms with Crippen molar-refractivity contribution in [1.29, 1.82) is 0 Å². The number of ether oxygens (including phenoxy) is 1. The Labute approximate surface area is 150 Å². The fraction of sp³-hybridized carbons (Fsp3) is 0.222. The number of nitrogens with one attached hydrogen (secondary N) is 1. The number of benzene rings is 2. The zero-order chi connectivity index (χ0) is 18.5. The fourth-order valence-corrected chi connectivity index (χ4v) is 2.40. The monoisotopic (exact) mass is 354 g/mol. The highest BCUT2D eigenvalue weighted by Crippen LogP contribution is 2.23. The van der Waals surface area contributed by atoms with Crippen LogP contribution >= 0.6 is 0 Å². The normalized spacial score (nSPS) is 10.5. The van der Waals surface area contributed by atoms with E-state index in [1.54, 1.807) is 6.07 Å². The van der Waals surface area contributed by atoms with Gasteiger partial charge in [-0.05, 0) is 43.7 Å². The highest BCUT2D eigenvalue weighted by Gasteiger charge is 2.11. The minimum Gasteiger partial charge on any atom is -0.494 e. The van der Waals surface area contributed by atoms with Crippen LogP contribution < -0.4 is 10.1 Å². The van der Waals surface area contributed by atoms with Gasteiger partial charge in [-0.2, -0.15) is 4.98 Å². The third-order valence-corrected chi connectivity index (χ3v) is 3.75. The lowest BCUT2D eigenvalue weighted by Crippen LogP contribution is -2.02. The zero-order valence-electron chi connectivity index (χ0n) is 14.4. The molecule has 0 bridgehead atoms. The first-order valence-electron chi connectivity index (χ1n) is 8.11. The maximum absolute atomic E-state index is 10.9. The third kappa shape index (κ3) is 3.97. The molecule has 134 valence electrons. The Kier molecular flexibility index (Phi) is 5.12. The molecule has 0 saturated heterocycles. The Morgan fingerprint density at radius 1 is 1.23 bits per heavy atom. The van der Waals surface area contributed by atoms with Crippen molar-refractivity contribution in [2.24, 2.45) is 0 Å². The lowest BCUT2D eigenvalue weighted by Gasteiger charge is -2.06. The van der Waals surface area contributed by atoms with Crippen LogP contribution in [0.15, 0.2) is 47.0 Å². The summed E-state index contributed by atoms with van der Waals surface area (Å²) in [6, 6.07) is 12.1. The van der Waals surface area contributed by atoms with Crippen molar-refractivity contribution in [1.82, 2.24) is 10.1 Å². The van der Waals surface area contributed by atoms with E-state index in [9.17, 15) is 10.1 Å². The molecule has 0 unspecified atom stereocenters. The van der Waals surface area contributed by atoms with Crippen LogP contribution in [0.1, 0.15) is 18.4 Å². The van der Waals surface area contributed by atoms with Gasteiger partial charge in [-0.1, -0.05) is 11.2 Å². The first-order chi connectivity index (χ1) is 12.6. The Morgan fingerprint density at radius 2 is 2.00 bits per heavy atom. The number of aromatic nitrogens is 2. The van der Waals surface area contributed by atoms with E-state index in [1.165, 1.54) is 12.1 Å². The summed E-state index contributed by atoms with van der Waals surface area (Å²) in [4.78, 5) is 14.8. The topological polar surface area (TPSA) is 103 Å². The first kappa shape index (κ1) is 17.4. The lowest BCUT2D eigenvalue weighted by atomic mass is 10.2. The molecule has 8 nitrogen and oxygen atoms in total. The number of aryl methyl sites for hydroxylation is 1. The minimum absolute atomic E-state index is 0.0266. The summed E-state index contributed by atoms with van der Waals surface area (Å²) in [5.74, 6) is 1.64. The van der Waals surface area contributed by atoms with E-state index < -0.39 is 4.92 Å². The molecular formula is C18H18N4O4. The molecule has 3 aromatic rings. The Morgan fingerprint density at radius 3 is 2.69 bits per heavy atom. The largest absolute Gasteiger partial charge is 0.494 e. The lowest BCUT2D eigenvalue weighted by molar-refractivity contribution is -0.384. The van der Waals surface area contributed by atoms with Crippen LogP contribution in [-0.2, 0) is 6.54 Å². The fourth-order valence-electron chi connectivity index (χ4n) is 2.40. The van der Waals surface area contributed by atoms with E-state index in [0.29, 0.717) is 24.0 Å². The van der Waals surface area contributed by atoms with E-state index in [-0.39, 0.29) is 12.2 Å². The van der Waals surface area contributed by atoms with Crippen LogP contribution in [-0.4, -0.2) is 21.7 Å². The molecule has 0 fully saturated rings. The molecule has 8 heteroatoms. The number of nitro groups is 1. The smallest absolute Gasteiger partial charge is 0.271 e. The summed E-state index contributed by atoms with van der Waals surface area (Å²) in [5, 5.41) is 18.0. The molecule has 0 radical (unpaired) electrons. The second-order valence-electron chi connectivity index (χ2n) is 5.58. The Bertz CT molecular complexity index is 906. The van der Waals surface area contributed by atoms with Crippen molar-refractivity contribution in [3.8, 4) is 17.1 Å². The average Bonchev–Trinajstić information content (AvgIpc) is 3.11. The quantitative estimate of drug-likeness (QED) is 0.506. The minimum atomic E-state index is -0.429. The molecule has 2 aromatic carbocycles. The highest BCUT2D eigenvalue weighted by molar-refractivity contribution is 5.57. The van der Waals surface area contributed by atoms with Gasteiger partial charge in [-0.25, -0.2) is 0 Å². The van der Waals surface area contributed by atoms with Crippen molar-refractivity contribution in [3.05, 3.63) is 64.0 Å². The molecule has 0 saturated carbocycles. The summed E-state index contributed by atoms with van der Waals surface area (Å²) in [5.41, 5.74) is 2.38. The number of hydrogen-bond acceptors (Lipinski definition) is 7. The standard InChI is InChI=1S/C18H18N4O4/c1-3-25-15-8-5-13(6-9-15)18-20-17(26-21-18)11-19-16-10-14(22(23)24)7-4-12(16)2/h4-10,19H,3,11H2,1-2H3. The Hall–Kier alpha value is -3.42. The van der Waals surface area contributed by atoms with E-state index in [4.69, 9.17) is 9.26 Å². The third-order valence-electron chi connectivity index (χ3n) is 3.75. The molecule has 26 heavy (non-hydrogen) atoms. The van der Waals surface area contributed by atoms with E-state index >= 15 is 0 Å². The maximum atomic E-state index is 10.9. The van der Waals surface area contributed by atoms with Gasteiger partial charge in [0.15, 0.2) is 0 Å². The van der Waals surface area contributed by atoms with Crippen LogP contribution in [0, 0.1) is 17.0 Å². The molecule has 0 aliphatic rings. The number of hydrogen-bond donors (Lipinski definition) is 1.